The second-order valence-electron chi connectivity index (χ2n) is 3.82. The fourth-order valence-corrected chi connectivity index (χ4v) is 2.11. The van der Waals surface area contributed by atoms with Gasteiger partial charge in [0.15, 0.2) is 0 Å². The molecule has 1 heterocycles. The van der Waals surface area contributed by atoms with Crippen molar-refractivity contribution in [3.05, 3.63) is 0 Å². The van der Waals surface area contributed by atoms with Crippen molar-refractivity contribution in [1.29, 1.82) is 0 Å². The summed E-state index contributed by atoms with van der Waals surface area (Å²) < 4.78 is 0. The molecule has 2 aliphatic rings. The topological polar surface area (TPSA) is 12.0 Å². The van der Waals surface area contributed by atoms with Gasteiger partial charge in [0.2, 0.25) is 0 Å². The third-order valence-corrected chi connectivity index (χ3v) is 2.63. The molecule has 2 fully saturated rings. The Morgan fingerprint density at radius 2 is 1.38 bits per heavy atom. The fraction of sp³-hybridized carbons (Fsp3) is 1.00. The van der Waals surface area contributed by atoms with Crippen molar-refractivity contribution in [2.24, 2.45) is 11.8 Å². The molecular formula is C12H27N. The van der Waals surface area contributed by atoms with Gasteiger partial charge in [-0.2, -0.15) is 0 Å². The van der Waals surface area contributed by atoms with E-state index < -0.39 is 0 Å². The Kier molecular flexibility index (Phi) is 8.53. The minimum atomic E-state index is 1.06. The molecule has 1 aliphatic carbocycles. The number of nitrogens with one attached hydrogen (secondary N) is 1. The molecule has 0 radical (unpaired) electrons. The van der Waals surface area contributed by atoms with Crippen LogP contribution in [0.1, 0.15) is 53.4 Å². The summed E-state index contributed by atoms with van der Waals surface area (Å²) in [5.74, 6) is 2.13. The smallest absolute Gasteiger partial charge is 0.00173 e. The average molecular weight is 185 g/mol. The second kappa shape index (κ2) is 8.55. The number of hydrogen-bond acceptors (Lipinski definition) is 1. The molecule has 0 aromatic heterocycles. The minimum absolute atomic E-state index is 1.06. The van der Waals surface area contributed by atoms with Crippen LogP contribution in [0.25, 0.3) is 0 Å². The molecule has 1 N–H and O–H groups in total. The molecule has 1 saturated heterocycles. The molecule has 0 spiro atoms. The van der Waals surface area contributed by atoms with E-state index in [9.17, 15) is 0 Å². The molecule has 0 unspecified atom stereocenters. The highest BCUT2D eigenvalue weighted by atomic mass is 14.9. The van der Waals surface area contributed by atoms with Crippen LogP contribution in [0.2, 0.25) is 0 Å². The molecule has 0 amide bonds. The van der Waals surface area contributed by atoms with Gasteiger partial charge in [0.1, 0.15) is 0 Å². The van der Waals surface area contributed by atoms with Gasteiger partial charge in [-0.05, 0) is 37.8 Å². The van der Waals surface area contributed by atoms with Crippen molar-refractivity contribution in [2.75, 3.05) is 13.1 Å². The highest BCUT2D eigenvalue weighted by molar-refractivity contribution is 4.85. The second-order valence-corrected chi connectivity index (χ2v) is 3.82. The molecule has 80 valence electrons. The lowest BCUT2D eigenvalue weighted by molar-refractivity contribution is 0.494. The van der Waals surface area contributed by atoms with Crippen molar-refractivity contribution in [1.82, 2.24) is 5.32 Å². The van der Waals surface area contributed by atoms with E-state index in [2.05, 4.69) is 19.2 Å². The number of rotatable bonds is 0. The Bertz CT molecular complexity index is 81.3. The number of hydrogen-bond donors (Lipinski definition) is 1. The Hall–Kier alpha value is -0.0400. The van der Waals surface area contributed by atoms with E-state index in [4.69, 9.17) is 0 Å². The lowest BCUT2D eigenvalue weighted by atomic mass is 10.0. The van der Waals surface area contributed by atoms with Gasteiger partial charge in [0.25, 0.3) is 0 Å². The molecule has 0 aromatic carbocycles. The summed E-state index contributed by atoms with van der Waals surface area (Å²) in [6.45, 7) is 10.9. The molecule has 1 aliphatic heterocycles. The Morgan fingerprint density at radius 3 is 1.77 bits per heavy atom. The molecule has 1 heteroatoms. The maximum Gasteiger partial charge on any atom is -0.00173 e. The van der Waals surface area contributed by atoms with Crippen LogP contribution in [0.3, 0.4) is 0 Å². The van der Waals surface area contributed by atoms with Crippen LogP contribution >= 0.6 is 0 Å². The average Bonchev–Trinajstić information content (AvgIpc) is 2.69. The molecule has 13 heavy (non-hydrogen) atoms. The predicted molar refractivity (Wildman–Crippen MR) is 61.0 cm³/mol. The molecular weight excluding hydrogens is 158 g/mol. The Balaban J connectivity index is 0.000000251. The van der Waals surface area contributed by atoms with Crippen molar-refractivity contribution in [2.45, 2.75) is 53.4 Å². The van der Waals surface area contributed by atoms with Crippen LogP contribution < -0.4 is 5.32 Å². The molecule has 2 rings (SSSR count). The van der Waals surface area contributed by atoms with Gasteiger partial charge in [-0.15, -0.1) is 0 Å². The third kappa shape index (κ3) is 4.66. The molecule has 0 aromatic rings. The van der Waals surface area contributed by atoms with E-state index in [1.165, 1.54) is 38.8 Å². The first-order valence-electron chi connectivity index (χ1n) is 6.09. The van der Waals surface area contributed by atoms with Gasteiger partial charge in [-0.3, -0.25) is 0 Å². The van der Waals surface area contributed by atoms with E-state index in [1.807, 2.05) is 13.8 Å². The highest BCUT2D eigenvalue weighted by Crippen LogP contribution is 2.33. The lowest BCUT2D eigenvalue weighted by Crippen LogP contribution is -2.08. The van der Waals surface area contributed by atoms with E-state index in [1.54, 1.807) is 0 Å². The minimum Gasteiger partial charge on any atom is -0.316 e. The van der Waals surface area contributed by atoms with Gasteiger partial charge < -0.3 is 5.32 Å². The van der Waals surface area contributed by atoms with Crippen LogP contribution in [0.4, 0.5) is 0 Å². The van der Waals surface area contributed by atoms with Crippen LogP contribution in [-0.4, -0.2) is 13.1 Å². The summed E-state index contributed by atoms with van der Waals surface area (Å²) in [5.41, 5.74) is 0. The van der Waals surface area contributed by atoms with Crippen molar-refractivity contribution in [3.8, 4) is 0 Å². The summed E-state index contributed by atoms with van der Waals surface area (Å²) >= 11 is 0. The third-order valence-electron chi connectivity index (χ3n) is 2.63. The van der Waals surface area contributed by atoms with Crippen LogP contribution in [0, 0.1) is 11.8 Å². The zero-order valence-corrected chi connectivity index (χ0v) is 9.90. The summed E-state index contributed by atoms with van der Waals surface area (Å²) in [5, 5.41) is 3.42. The first-order chi connectivity index (χ1) is 6.38. The van der Waals surface area contributed by atoms with Crippen molar-refractivity contribution >= 4 is 0 Å². The van der Waals surface area contributed by atoms with Crippen LogP contribution in [0.5, 0.6) is 0 Å². The summed E-state index contributed by atoms with van der Waals surface area (Å²) in [7, 11) is 0. The zero-order chi connectivity index (χ0) is 10.1. The maximum atomic E-state index is 3.42. The first-order valence-corrected chi connectivity index (χ1v) is 6.09. The largest absolute Gasteiger partial charge is 0.316 e. The van der Waals surface area contributed by atoms with Gasteiger partial charge >= 0.3 is 0 Å². The lowest BCUT2D eigenvalue weighted by Gasteiger charge is -2.02. The van der Waals surface area contributed by atoms with Gasteiger partial charge in [-0.25, -0.2) is 0 Å². The normalized spacial score (nSPS) is 29.5. The van der Waals surface area contributed by atoms with Gasteiger partial charge in [0.05, 0.1) is 0 Å². The fourth-order valence-electron chi connectivity index (χ4n) is 2.11. The molecule has 1 nitrogen and oxygen atoms in total. The van der Waals surface area contributed by atoms with Crippen LogP contribution in [-0.2, 0) is 0 Å². The SMILES string of the molecule is C1C[C@@H]2CNC[C@@H]2C1.CC.CCC. The standard InChI is InChI=1S/C7H13N.C3H8.C2H6/c1-2-6-4-8-5-7(6)3-1;1-3-2;1-2/h6-8H,1-5H2;3H2,1-2H3;1-2H3/t6-,7+;;. The maximum absolute atomic E-state index is 3.42. The Morgan fingerprint density at radius 1 is 1.00 bits per heavy atom. The van der Waals surface area contributed by atoms with Crippen molar-refractivity contribution in [3.63, 3.8) is 0 Å². The van der Waals surface area contributed by atoms with Gasteiger partial charge in [0, 0.05) is 0 Å². The molecule has 2 atom stereocenters. The quantitative estimate of drug-likeness (QED) is 0.609. The summed E-state index contributed by atoms with van der Waals surface area (Å²) in [6.07, 6.45) is 5.74. The predicted octanol–water partition coefficient (Wildman–Crippen LogP) is 3.45. The van der Waals surface area contributed by atoms with E-state index in [-0.39, 0.29) is 0 Å². The van der Waals surface area contributed by atoms with E-state index >= 15 is 0 Å². The summed E-state index contributed by atoms with van der Waals surface area (Å²) in [4.78, 5) is 0. The van der Waals surface area contributed by atoms with Gasteiger partial charge in [-0.1, -0.05) is 40.5 Å². The van der Waals surface area contributed by atoms with E-state index in [0.717, 1.165) is 11.8 Å². The first kappa shape index (κ1) is 13.0. The number of fused-ring (bicyclic) bond motifs is 1. The van der Waals surface area contributed by atoms with Crippen molar-refractivity contribution < 1.29 is 0 Å². The van der Waals surface area contributed by atoms with Crippen LogP contribution in [0.15, 0.2) is 0 Å². The highest BCUT2D eigenvalue weighted by Gasteiger charge is 2.30. The summed E-state index contributed by atoms with van der Waals surface area (Å²) in [6, 6.07) is 0. The molecule has 0 bridgehead atoms. The zero-order valence-electron chi connectivity index (χ0n) is 9.90. The van der Waals surface area contributed by atoms with E-state index in [0.29, 0.717) is 0 Å². The monoisotopic (exact) mass is 185 g/mol. The Labute approximate surface area is 84.3 Å². The molecule has 1 saturated carbocycles.